The third-order valence-corrected chi connectivity index (χ3v) is 3.17. The highest BCUT2D eigenvalue weighted by molar-refractivity contribution is 6.31. The van der Waals surface area contributed by atoms with Crippen molar-refractivity contribution in [3.05, 3.63) is 35.0 Å². The quantitative estimate of drug-likeness (QED) is 0.406. The predicted molar refractivity (Wildman–Crippen MR) is 94.0 cm³/mol. The van der Waals surface area contributed by atoms with Gasteiger partial charge in [-0.15, -0.1) is 0 Å². The second-order valence-corrected chi connectivity index (χ2v) is 5.63. The van der Waals surface area contributed by atoms with Crippen molar-refractivity contribution in [2.24, 2.45) is 0 Å². The van der Waals surface area contributed by atoms with Crippen LogP contribution < -0.4 is 15.4 Å². The van der Waals surface area contributed by atoms with E-state index in [-0.39, 0.29) is 11.7 Å². The van der Waals surface area contributed by atoms with Gasteiger partial charge < -0.3 is 20.1 Å². The Kier molecular flexibility index (Phi) is 8.69. The van der Waals surface area contributed by atoms with Crippen LogP contribution in [0.4, 0.5) is 5.69 Å². The topological polar surface area (TPSA) is 83.4 Å². The van der Waals surface area contributed by atoms with E-state index >= 15 is 0 Å². The Balaban J connectivity index is 2.59. The largest absolute Gasteiger partial charge is 0.495 e. The zero-order valence-corrected chi connectivity index (χ0v) is 14.8. The molecular formula is C17H22ClN3O3. The van der Waals surface area contributed by atoms with Gasteiger partial charge in [-0.2, -0.15) is 5.26 Å². The number of hydrogen-bond donors (Lipinski definition) is 2. The number of ether oxygens (including phenoxy) is 2. The minimum atomic E-state index is -0.538. The Hall–Kier alpha value is -2.23. The molecular weight excluding hydrogens is 330 g/mol. The maximum atomic E-state index is 12.2. The normalized spacial score (nSPS) is 11.1. The summed E-state index contributed by atoms with van der Waals surface area (Å²) in [6.45, 7) is 5.16. The molecule has 7 heteroatoms. The van der Waals surface area contributed by atoms with Gasteiger partial charge in [-0.1, -0.05) is 11.6 Å². The summed E-state index contributed by atoms with van der Waals surface area (Å²) in [5, 5.41) is 15.1. The molecule has 0 saturated heterocycles. The summed E-state index contributed by atoms with van der Waals surface area (Å²) in [4.78, 5) is 12.2. The molecule has 0 aromatic heterocycles. The van der Waals surface area contributed by atoms with Gasteiger partial charge in [0.15, 0.2) is 0 Å². The third kappa shape index (κ3) is 6.90. The zero-order chi connectivity index (χ0) is 17.9. The van der Waals surface area contributed by atoms with E-state index in [1.54, 1.807) is 18.2 Å². The van der Waals surface area contributed by atoms with E-state index in [1.807, 2.05) is 19.9 Å². The average Bonchev–Trinajstić information content (AvgIpc) is 2.54. The summed E-state index contributed by atoms with van der Waals surface area (Å²) in [5.41, 5.74) is 0.364. The molecule has 6 nitrogen and oxygen atoms in total. The molecule has 0 fully saturated rings. The summed E-state index contributed by atoms with van der Waals surface area (Å²) in [6.07, 6.45) is 2.35. The van der Waals surface area contributed by atoms with E-state index < -0.39 is 5.91 Å². The number of benzene rings is 1. The van der Waals surface area contributed by atoms with Crippen LogP contribution in [0.25, 0.3) is 0 Å². The van der Waals surface area contributed by atoms with Crippen molar-refractivity contribution in [1.29, 1.82) is 5.26 Å². The summed E-state index contributed by atoms with van der Waals surface area (Å²) < 4.78 is 10.6. The first-order chi connectivity index (χ1) is 11.5. The second-order valence-electron chi connectivity index (χ2n) is 5.20. The average molecular weight is 352 g/mol. The molecule has 0 aliphatic heterocycles. The Labute approximate surface area is 147 Å². The molecule has 1 aromatic rings. The number of carbonyl (C=O) groups is 1. The Morgan fingerprint density at radius 3 is 2.83 bits per heavy atom. The molecule has 1 aromatic carbocycles. The lowest BCUT2D eigenvalue weighted by Crippen LogP contribution is -2.18. The molecule has 0 aliphatic rings. The van der Waals surface area contributed by atoms with Crippen LogP contribution in [0.5, 0.6) is 5.75 Å². The van der Waals surface area contributed by atoms with Crippen LogP contribution in [0, 0.1) is 11.3 Å². The first kappa shape index (κ1) is 19.8. The van der Waals surface area contributed by atoms with Gasteiger partial charge in [0.2, 0.25) is 0 Å². The minimum absolute atomic E-state index is 0.0400. The highest BCUT2D eigenvalue weighted by Crippen LogP contribution is 2.27. The summed E-state index contributed by atoms with van der Waals surface area (Å²) >= 11 is 5.91. The van der Waals surface area contributed by atoms with Gasteiger partial charge in [0, 0.05) is 24.4 Å². The molecule has 0 saturated carbocycles. The van der Waals surface area contributed by atoms with Gasteiger partial charge in [-0.05, 0) is 38.5 Å². The van der Waals surface area contributed by atoms with Crippen molar-refractivity contribution < 1.29 is 14.3 Å². The maximum Gasteiger partial charge on any atom is 0.267 e. The summed E-state index contributed by atoms with van der Waals surface area (Å²) in [6, 6.07) is 6.71. The monoisotopic (exact) mass is 351 g/mol. The lowest BCUT2D eigenvalue weighted by molar-refractivity contribution is -0.112. The molecule has 130 valence electrons. The Bertz CT molecular complexity index is 624. The number of nitrogens with one attached hydrogen (secondary N) is 2. The predicted octanol–water partition coefficient (Wildman–Crippen LogP) is 3.10. The molecule has 2 N–H and O–H groups in total. The third-order valence-electron chi connectivity index (χ3n) is 2.94. The molecule has 24 heavy (non-hydrogen) atoms. The first-order valence-electron chi connectivity index (χ1n) is 7.58. The molecule has 1 amide bonds. The summed E-state index contributed by atoms with van der Waals surface area (Å²) in [5.74, 6) is -0.0761. The van der Waals surface area contributed by atoms with E-state index in [1.165, 1.54) is 13.3 Å². The van der Waals surface area contributed by atoms with Gasteiger partial charge >= 0.3 is 0 Å². The van der Waals surface area contributed by atoms with E-state index in [0.29, 0.717) is 29.6 Å². The van der Waals surface area contributed by atoms with Gasteiger partial charge in [-0.25, -0.2) is 0 Å². The zero-order valence-electron chi connectivity index (χ0n) is 14.1. The Morgan fingerprint density at radius 1 is 1.46 bits per heavy atom. The number of anilines is 1. The van der Waals surface area contributed by atoms with Crippen molar-refractivity contribution in [3.8, 4) is 11.8 Å². The van der Waals surface area contributed by atoms with Crippen LogP contribution in [-0.4, -0.2) is 32.3 Å². The van der Waals surface area contributed by atoms with E-state index in [9.17, 15) is 4.79 Å². The Morgan fingerprint density at radius 2 is 2.21 bits per heavy atom. The second kappa shape index (κ2) is 10.5. The lowest BCUT2D eigenvalue weighted by Gasteiger charge is -2.10. The van der Waals surface area contributed by atoms with Crippen molar-refractivity contribution in [1.82, 2.24) is 5.32 Å². The van der Waals surface area contributed by atoms with E-state index in [0.717, 1.165) is 6.42 Å². The number of nitrogens with zero attached hydrogens (tertiary/aromatic N) is 1. The number of carbonyl (C=O) groups excluding carboxylic acids is 1. The number of methoxy groups -OCH3 is 1. The molecule has 1 rings (SSSR count). The molecule has 0 atom stereocenters. The number of rotatable bonds is 9. The molecule has 0 aliphatic carbocycles. The van der Waals surface area contributed by atoms with E-state index in [4.69, 9.17) is 26.3 Å². The van der Waals surface area contributed by atoms with Crippen molar-refractivity contribution in [2.75, 3.05) is 25.6 Å². The van der Waals surface area contributed by atoms with Gasteiger partial charge in [0.1, 0.15) is 17.4 Å². The highest BCUT2D eigenvalue weighted by Gasteiger charge is 2.12. The van der Waals surface area contributed by atoms with E-state index in [2.05, 4.69) is 10.6 Å². The molecule has 0 bridgehead atoms. The minimum Gasteiger partial charge on any atom is -0.495 e. The lowest BCUT2D eigenvalue weighted by atomic mass is 10.2. The molecule has 0 radical (unpaired) electrons. The first-order valence-corrected chi connectivity index (χ1v) is 7.96. The van der Waals surface area contributed by atoms with Crippen molar-refractivity contribution in [2.45, 2.75) is 26.4 Å². The van der Waals surface area contributed by atoms with Crippen LogP contribution in [-0.2, 0) is 9.53 Å². The van der Waals surface area contributed by atoms with Crippen LogP contribution >= 0.6 is 11.6 Å². The van der Waals surface area contributed by atoms with Crippen LogP contribution in [0.2, 0.25) is 5.02 Å². The number of nitriles is 1. The number of amides is 1. The fourth-order valence-electron chi connectivity index (χ4n) is 1.78. The standard InChI is InChI=1S/C17H22ClN3O3/c1-12(2)24-8-4-7-20-11-13(10-19)17(22)21-15-9-14(18)5-6-16(15)23-3/h5-6,9,11-12,20H,4,7-8H2,1-3H3,(H,21,22)/b13-11-. The highest BCUT2D eigenvalue weighted by atomic mass is 35.5. The van der Waals surface area contributed by atoms with Crippen LogP contribution in [0.3, 0.4) is 0 Å². The van der Waals surface area contributed by atoms with Crippen LogP contribution in [0.1, 0.15) is 20.3 Å². The maximum absolute atomic E-state index is 12.2. The van der Waals surface area contributed by atoms with Crippen LogP contribution in [0.15, 0.2) is 30.0 Å². The fourth-order valence-corrected chi connectivity index (χ4v) is 1.96. The van der Waals surface area contributed by atoms with Gasteiger partial charge in [-0.3, -0.25) is 4.79 Å². The van der Waals surface area contributed by atoms with Crippen molar-refractivity contribution in [3.63, 3.8) is 0 Å². The molecule has 0 unspecified atom stereocenters. The number of hydrogen-bond acceptors (Lipinski definition) is 5. The van der Waals surface area contributed by atoms with Gasteiger partial charge in [0.05, 0.1) is 18.9 Å². The molecule has 0 spiro atoms. The fraction of sp³-hybridized carbons (Fsp3) is 0.412. The smallest absolute Gasteiger partial charge is 0.267 e. The summed E-state index contributed by atoms with van der Waals surface area (Å²) in [7, 11) is 1.49. The number of halogens is 1. The molecule has 0 heterocycles. The van der Waals surface area contributed by atoms with Crippen molar-refractivity contribution >= 4 is 23.2 Å². The SMILES string of the molecule is COc1ccc(Cl)cc1NC(=O)/C(C#N)=C\NCCCOC(C)C. The van der Waals surface area contributed by atoms with Gasteiger partial charge in [0.25, 0.3) is 5.91 Å².